The van der Waals surface area contributed by atoms with Gasteiger partial charge < -0.3 is 10.1 Å². The predicted molar refractivity (Wildman–Crippen MR) is 110 cm³/mol. The van der Waals surface area contributed by atoms with Gasteiger partial charge in [0.2, 0.25) is 0 Å². The van der Waals surface area contributed by atoms with Gasteiger partial charge in [-0.3, -0.25) is 14.4 Å². The molecule has 6 nitrogen and oxygen atoms in total. The van der Waals surface area contributed by atoms with E-state index in [4.69, 9.17) is 4.74 Å². The van der Waals surface area contributed by atoms with Gasteiger partial charge in [0.1, 0.15) is 12.4 Å². The van der Waals surface area contributed by atoms with E-state index in [1.54, 1.807) is 23.0 Å². The summed E-state index contributed by atoms with van der Waals surface area (Å²) in [5.74, 6) is -2.65. The summed E-state index contributed by atoms with van der Waals surface area (Å²) in [5.41, 5.74) is 2.41. The van der Waals surface area contributed by atoms with Crippen LogP contribution in [0.15, 0.2) is 36.5 Å². The number of rotatable bonds is 2. The van der Waals surface area contributed by atoms with Crippen molar-refractivity contribution in [1.82, 2.24) is 20.0 Å². The van der Waals surface area contributed by atoms with Crippen molar-refractivity contribution in [3.8, 4) is 5.75 Å². The number of aryl methyl sites for hydroxylation is 1. The minimum Gasteiger partial charge on any atom is -0.492 e. The molecule has 1 spiro atoms. The van der Waals surface area contributed by atoms with Gasteiger partial charge in [-0.05, 0) is 24.6 Å². The molecule has 6 rings (SSSR count). The van der Waals surface area contributed by atoms with Crippen molar-refractivity contribution in [3.63, 3.8) is 0 Å². The minimum atomic E-state index is -2.96. The molecule has 1 fully saturated rings. The van der Waals surface area contributed by atoms with Crippen molar-refractivity contribution in [2.45, 2.75) is 30.8 Å². The van der Waals surface area contributed by atoms with Gasteiger partial charge in [0.25, 0.3) is 11.8 Å². The number of alkyl halides is 2. The van der Waals surface area contributed by atoms with Crippen LogP contribution in [0.1, 0.15) is 33.5 Å². The summed E-state index contributed by atoms with van der Waals surface area (Å²) in [5, 5.41) is 8.07. The SMILES string of the molecule is Cn1ncc2cccc(CN3CCC4(COc5c4ccc4c5CNC4=O)C(F)(F)C3)c21. The molecular weight excluding hydrogens is 402 g/mol. The van der Waals surface area contributed by atoms with Gasteiger partial charge in [0.15, 0.2) is 0 Å². The zero-order valence-corrected chi connectivity index (χ0v) is 17.1. The van der Waals surface area contributed by atoms with E-state index in [-0.39, 0.29) is 19.1 Å². The van der Waals surface area contributed by atoms with Crippen molar-refractivity contribution in [2.24, 2.45) is 7.05 Å². The van der Waals surface area contributed by atoms with E-state index in [0.717, 1.165) is 16.5 Å². The van der Waals surface area contributed by atoms with Crippen molar-refractivity contribution in [2.75, 3.05) is 19.7 Å². The van der Waals surface area contributed by atoms with Gasteiger partial charge in [0, 0.05) is 42.2 Å². The fourth-order valence-electron chi connectivity index (χ4n) is 5.47. The molecule has 31 heavy (non-hydrogen) atoms. The normalized spacial score (nSPS) is 24.3. The Kier molecular flexibility index (Phi) is 3.78. The Morgan fingerprint density at radius 2 is 2.13 bits per heavy atom. The molecule has 0 radical (unpaired) electrons. The van der Waals surface area contributed by atoms with Crippen molar-refractivity contribution < 1.29 is 18.3 Å². The summed E-state index contributed by atoms with van der Waals surface area (Å²) in [7, 11) is 1.87. The third-order valence-electron chi connectivity index (χ3n) is 7.12. The number of hydrogen-bond donors (Lipinski definition) is 1. The van der Waals surface area contributed by atoms with Crippen LogP contribution < -0.4 is 10.1 Å². The maximum Gasteiger partial charge on any atom is 0.273 e. The quantitative estimate of drug-likeness (QED) is 0.687. The lowest BCUT2D eigenvalue weighted by Crippen LogP contribution is -2.58. The molecule has 1 atom stereocenters. The fourth-order valence-corrected chi connectivity index (χ4v) is 5.47. The van der Waals surface area contributed by atoms with Crippen LogP contribution in [0, 0.1) is 0 Å². The molecule has 1 aromatic heterocycles. The first-order valence-electron chi connectivity index (χ1n) is 10.5. The molecule has 2 aromatic carbocycles. The summed E-state index contributed by atoms with van der Waals surface area (Å²) in [6.45, 7) is 0.934. The van der Waals surface area contributed by atoms with Gasteiger partial charge in [-0.2, -0.15) is 5.10 Å². The van der Waals surface area contributed by atoms with Crippen LogP contribution in [0.25, 0.3) is 10.9 Å². The van der Waals surface area contributed by atoms with Crippen molar-refractivity contribution in [1.29, 1.82) is 0 Å². The molecule has 0 bridgehead atoms. The number of hydrogen-bond acceptors (Lipinski definition) is 4. The maximum atomic E-state index is 15.7. The Balaban J connectivity index is 1.31. The number of carbonyl (C=O) groups excluding carboxylic acids is 1. The number of para-hydroxylation sites is 1. The zero-order valence-electron chi connectivity index (χ0n) is 17.1. The highest BCUT2D eigenvalue weighted by molar-refractivity contribution is 5.99. The van der Waals surface area contributed by atoms with Gasteiger partial charge >= 0.3 is 0 Å². The number of piperidine rings is 1. The average Bonchev–Trinajstić information content (AvgIpc) is 3.42. The Morgan fingerprint density at radius 3 is 2.97 bits per heavy atom. The number of carbonyl (C=O) groups is 1. The summed E-state index contributed by atoms with van der Waals surface area (Å²) in [6.07, 6.45) is 2.10. The number of likely N-dealkylation sites (tertiary alicyclic amines) is 1. The molecule has 4 heterocycles. The second-order valence-electron chi connectivity index (χ2n) is 8.81. The summed E-state index contributed by atoms with van der Waals surface area (Å²) in [6, 6.07) is 9.24. The van der Waals surface area contributed by atoms with E-state index in [9.17, 15) is 4.79 Å². The van der Waals surface area contributed by atoms with Crippen LogP contribution in [0.4, 0.5) is 8.78 Å². The Labute approximate surface area is 177 Å². The second-order valence-corrected chi connectivity index (χ2v) is 8.81. The molecule has 0 saturated carbocycles. The largest absolute Gasteiger partial charge is 0.492 e. The van der Waals surface area contributed by atoms with Crippen molar-refractivity contribution >= 4 is 16.8 Å². The first-order chi connectivity index (χ1) is 14.9. The van der Waals surface area contributed by atoms with Gasteiger partial charge in [-0.25, -0.2) is 8.78 Å². The Morgan fingerprint density at radius 1 is 1.26 bits per heavy atom. The Bertz CT molecular complexity index is 1240. The average molecular weight is 424 g/mol. The fraction of sp³-hybridized carbons (Fsp3) is 0.391. The number of nitrogens with zero attached hydrogens (tertiary/aromatic N) is 3. The zero-order chi connectivity index (χ0) is 21.4. The highest BCUT2D eigenvalue weighted by atomic mass is 19.3. The van der Waals surface area contributed by atoms with E-state index < -0.39 is 11.3 Å². The highest BCUT2D eigenvalue weighted by Crippen LogP contribution is 2.54. The third kappa shape index (κ3) is 2.51. The van der Waals surface area contributed by atoms with E-state index in [0.29, 0.717) is 48.5 Å². The van der Waals surface area contributed by atoms with E-state index >= 15 is 8.78 Å². The van der Waals surface area contributed by atoms with Crippen molar-refractivity contribution in [3.05, 3.63) is 58.8 Å². The lowest BCUT2D eigenvalue weighted by molar-refractivity contribution is -0.135. The van der Waals surface area contributed by atoms with Crippen LogP contribution in [-0.4, -0.2) is 46.2 Å². The van der Waals surface area contributed by atoms with Crippen LogP contribution in [0.5, 0.6) is 5.75 Å². The molecule has 160 valence electrons. The van der Waals surface area contributed by atoms with Gasteiger partial charge in [-0.1, -0.05) is 24.3 Å². The number of ether oxygens (including phenoxy) is 1. The first kappa shape index (κ1) is 18.7. The third-order valence-corrected chi connectivity index (χ3v) is 7.12. The lowest BCUT2D eigenvalue weighted by atomic mass is 9.71. The smallest absolute Gasteiger partial charge is 0.273 e. The minimum absolute atomic E-state index is 0.0505. The molecule has 3 aliphatic rings. The molecule has 8 heteroatoms. The molecule has 0 aliphatic carbocycles. The van der Waals surface area contributed by atoms with Crippen LogP contribution in [0.3, 0.4) is 0 Å². The summed E-state index contributed by atoms with van der Waals surface area (Å²) in [4.78, 5) is 13.8. The van der Waals surface area contributed by atoms with E-state index in [1.165, 1.54) is 0 Å². The van der Waals surface area contributed by atoms with E-state index in [2.05, 4.69) is 10.4 Å². The second kappa shape index (κ2) is 6.26. The topological polar surface area (TPSA) is 59.4 Å². The Hall–Kier alpha value is -3.00. The molecule has 1 saturated heterocycles. The van der Waals surface area contributed by atoms with Crippen LogP contribution >= 0.6 is 0 Å². The number of fused-ring (bicyclic) bond motifs is 5. The first-order valence-corrected chi connectivity index (χ1v) is 10.5. The van der Waals surface area contributed by atoms with Crippen LogP contribution in [0.2, 0.25) is 0 Å². The number of nitrogens with one attached hydrogen (secondary N) is 1. The number of benzene rings is 2. The molecular formula is C23H22F2N4O2. The number of amides is 1. The molecule has 1 amide bonds. The van der Waals surface area contributed by atoms with Crippen LogP contribution in [-0.2, 0) is 25.6 Å². The maximum absolute atomic E-state index is 15.7. The monoisotopic (exact) mass is 424 g/mol. The molecule has 3 aromatic rings. The standard InChI is InChI=1S/C23H22F2N4O2/c1-28-19-14(9-27-28)3-2-4-15(19)11-29-8-7-22(23(24,25)12-29)13-31-20-17-10-26-21(30)16(17)5-6-18(20)22/h2-6,9H,7-8,10-13H2,1H3,(H,26,30). The van der Waals surface area contributed by atoms with Gasteiger partial charge in [-0.15, -0.1) is 0 Å². The molecule has 3 aliphatic heterocycles. The number of aromatic nitrogens is 2. The molecule has 1 N–H and O–H groups in total. The molecule has 1 unspecified atom stereocenters. The summed E-state index contributed by atoms with van der Waals surface area (Å²) < 4.78 is 39.1. The number of halogens is 2. The predicted octanol–water partition coefficient (Wildman–Crippen LogP) is 2.99. The van der Waals surface area contributed by atoms with Gasteiger partial charge in [0.05, 0.1) is 23.7 Å². The summed E-state index contributed by atoms with van der Waals surface area (Å²) >= 11 is 0. The highest BCUT2D eigenvalue weighted by Gasteiger charge is 2.62. The van der Waals surface area contributed by atoms with E-state index in [1.807, 2.05) is 30.1 Å². The lowest BCUT2D eigenvalue weighted by Gasteiger charge is -2.44.